The van der Waals surface area contributed by atoms with Gasteiger partial charge in [-0.25, -0.2) is 0 Å². The van der Waals surface area contributed by atoms with E-state index >= 15 is 0 Å². The molecule has 20 heavy (non-hydrogen) atoms. The van der Waals surface area contributed by atoms with Crippen LogP contribution in [0.2, 0.25) is 0 Å². The van der Waals surface area contributed by atoms with Crippen molar-refractivity contribution in [3.05, 3.63) is 43.1 Å². The van der Waals surface area contributed by atoms with Crippen molar-refractivity contribution in [3.8, 4) is 0 Å². The highest BCUT2D eigenvalue weighted by Crippen LogP contribution is 2.09. The fourth-order valence-electron chi connectivity index (χ4n) is 1.55. The van der Waals surface area contributed by atoms with Gasteiger partial charge in [0.15, 0.2) is 5.43 Å². The SMILES string of the molecule is C=Cc1c(/C=C\C)sc(=C/C)/c(=C\C)c1=O.CC.CC. The maximum Gasteiger partial charge on any atom is 0.195 e. The van der Waals surface area contributed by atoms with E-state index in [2.05, 4.69) is 6.58 Å². The van der Waals surface area contributed by atoms with E-state index in [-0.39, 0.29) is 5.43 Å². The van der Waals surface area contributed by atoms with Crippen molar-refractivity contribution < 1.29 is 0 Å². The lowest BCUT2D eigenvalue weighted by Gasteiger charge is -1.99. The first-order chi connectivity index (χ1) is 9.69. The third kappa shape index (κ3) is 5.30. The Labute approximate surface area is 127 Å². The third-order valence-electron chi connectivity index (χ3n) is 2.31. The van der Waals surface area contributed by atoms with E-state index in [1.807, 2.05) is 72.8 Å². The van der Waals surface area contributed by atoms with Crippen LogP contribution in [0.3, 0.4) is 0 Å². The summed E-state index contributed by atoms with van der Waals surface area (Å²) in [5, 5.41) is 0.774. The molecule has 1 nitrogen and oxygen atoms in total. The zero-order valence-electron chi connectivity index (χ0n) is 13.9. The molecule has 0 N–H and O–H groups in total. The summed E-state index contributed by atoms with van der Waals surface area (Å²) < 4.78 is 1.02. The lowest BCUT2D eigenvalue weighted by molar-refractivity contribution is 1.47. The summed E-state index contributed by atoms with van der Waals surface area (Å²) in [4.78, 5) is 13.1. The number of rotatable bonds is 2. The molecule has 0 saturated carbocycles. The fraction of sp³-hybridized carbons (Fsp3) is 0.389. The maximum absolute atomic E-state index is 12.2. The molecule has 0 radical (unpaired) electrons. The largest absolute Gasteiger partial charge is 0.289 e. The van der Waals surface area contributed by atoms with Crippen molar-refractivity contribution in [1.29, 1.82) is 0 Å². The van der Waals surface area contributed by atoms with Crippen LogP contribution >= 0.6 is 11.3 Å². The van der Waals surface area contributed by atoms with Gasteiger partial charge in [0, 0.05) is 20.2 Å². The lowest BCUT2D eigenvalue weighted by Crippen LogP contribution is -2.38. The minimum Gasteiger partial charge on any atom is -0.289 e. The zero-order chi connectivity index (χ0) is 16.1. The van der Waals surface area contributed by atoms with Gasteiger partial charge >= 0.3 is 0 Å². The van der Waals surface area contributed by atoms with Crippen molar-refractivity contribution in [3.63, 3.8) is 0 Å². The molecule has 0 aliphatic heterocycles. The van der Waals surface area contributed by atoms with Gasteiger partial charge < -0.3 is 0 Å². The van der Waals surface area contributed by atoms with E-state index in [0.29, 0.717) is 5.56 Å². The van der Waals surface area contributed by atoms with Crippen LogP contribution in [-0.2, 0) is 0 Å². The van der Waals surface area contributed by atoms with Crippen LogP contribution in [0.1, 0.15) is 58.9 Å². The van der Waals surface area contributed by atoms with Gasteiger partial charge in [0.25, 0.3) is 0 Å². The van der Waals surface area contributed by atoms with Crippen LogP contribution in [0.25, 0.3) is 24.3 Å². The summed E-state index contributed by atoms with van der Waals surface area (Å²) in [6.07, 6.45) is 9.37. The highest BCUT2D eigenvalue weighted by Gasteiger charge is 2.04. The Bertz CT molecular complexity index is 589. The minimum absolute atomic E-state index is 0.0671. The van der Waals surface area contributed by atoms with E-state index in [9.17, 15) is 4.79 Å². The van der Waals surface area contributed by atoms with Crippen molar-refractivity contribution in [1.82, 2.24) is 0 Å². The highest BCUT2D eigenvalue weighted by atomic mass is 32.1. The molecule has 0 spiro atoms. The van der Waals surface area contributed by atoms with E-state index in [4.69, 9.17) is 0 Å². The summed E-state index contributed by atoms with van der Waals surface area (Å²) in [5.41, 5.74) is 0.763. The first-order valence-corrected chi connectivity index (χ1v) is 8.06. The Morgan fingerprint density at radius 2 is 1.55 bits per heavy atom. The molecule has 1 aromatic heterocycles. The first-order valence-electron chi connectivity index (χ1n) is 7.24. The van der Waals surface area contributed by atoms with Gasteiger partial charge in [0.1, 0.15) is 0 Å². The molecule has 0 atom stereocenters. The van der Waals surface area contributed by atoms with Gasteiger partial charge in [0.05, 0.1) is 0 Å². The van der Waals surface area contributed by atoms with E-state index < -0.39 is 0 Å². The average molecular weight is 292 g/mol. The predicted octanol–water partition coefficient (Wildman–Crippen LogP) is 4.44. The average Bonchev–Trinajstić information content (AvgIpc) is 2.51. The van der Waals surface area contributed by atoms with Gasteiger partial charge in [-0.3, -0.25) is 4.79 Å². The Hall–Kier alpha value is -1.41. The first kappa shape index (κ1) is 20.9. The van der Waals surface area contributed by atoms with Gasteiger partial charge in [-0.2, -0.15) is 0 Å². The van der Waals surface area contributed by atoms with Crippen LogP contribution in [0.5, 0.6) is 0 Å². The molecule has 0 amide bonds. The molecular formula is C18H28OS. The molecule has 1 aromatic rings. The van der Waals surface area contributed by atoms with Crippen LogP contribution in [-0.4, -0.2) is 0 Å². The minimum atomic E-state index is 0.0671. The molecule has 0 aliphatic carbocycles. The molecule has 0 aromatic carbocycles. The zero-order valence-corrected chi connectivity index (χ0v) is 14.7. The van der Waals surface area contributed by atoms with E-state index in [1.165, 1.54) is 0 Å². The normalized spacial score (nSPS) is 11.6. The van der Waals surface area contributed by atoms with Crippen LogP contribution < -0.4 is 15.2 Å². The Morgan fingerprint density at radius 1 is 1.00 bits per heavy atom. The monoisotopic (exact) mass is 292 g/mol. The molecule has 0 saturated heterocycles. The summed E-state index contributed by atoms with van der Waals surface area (Å²) in [6.45, 7) is 17.5. The van der Waals surface area contributed by atoms with Gasteiger partial charge in [-0.1, -0.05) is 58.6 Å². The van der Waals surface area contributed by atoms with Crippen molar-refractivity contribution in [2.24, 2.45) is 0 Å². The van der Waals surface area contributed by atoms with Crippen LogP contribution in [0.15, 0.2) is 17.4 Å². The molecule has 1 heterocycles. The smallest absolute Gasteiger partial charge is 0.195 e. The summed E-state index contributed by atoms with van der Waals surface area (Å²) in [5.74, 6) is 0. The van der Waals surface area contributed by atoms with Crippen LogP contribution in [0, 0.1) is 0 Å². The van der Waals surface area contributed by atoms with Crippen molar-refractivity contribution in [2.45, 2.75) is 48.5 Å². The molecule has 1 rings (SSSR count). The Balaban J connectivity index is 0. The highest BCUT2D eigenvalue weighted by molar-refractivity contribution is 7.10. The van der Waals surface area contributed by atoms with Crippen LogP contribution in [0.4, 0.5) is 0 Å². The molecule has 112 valence electrons. The van der Waals surface area contributed by atoms with Crippen molar-refractivity contribution in [2.75, 3.05) is 0 Å². The quantitative estimate of drug-likeness (QED) is 0.787. The Kier molecular flexibility index (Phi) is 13.2. The van der Waals surface area contributed by atoms with Gasteiger partial charge in [-0.05, 0) is 26.8 Å². The molecule has 0 aliphatic rings. The standard InChI is InChI=1S/C14H16OS.2C2H6/c1-5-9-13-11(7-3)14(15)10(6-2)12(8-4)16-13;2*1-2/h5-9H,3H2,1-2,4H3;2*1-2H3/b9-5-,10-6+,12-8+;;. The number of hydrogen-bond donors (Lipinski definition) is 0. The molecule has 0 unspecified atom stereocenters. The van der Waals surface area contributed by atoms with Crippen molar-refractivity contribution >= 4 is 35.6 Å². The molecular weight excluding hydrogens is 264 g/mol. The summed E-state index contributed by atoms with van der Waals surface area (Å²) >= 11 is 1.62. The second-order valence-corrected chi connectivity index (χ2v) is 4.35. The predicted molar refractivity (Wildman–Crippen MR) is 97.6 cm³/mol. The van der Waals surface area contributed by atoms with E-state index in [1.54, 1.807) is 17.4 Å². The fourth-order valence-corrected chi connectivity index (χ4v) is 2.72. The maximum atomic E-state index is 12.2. The lowest BCUT2D eigenvalue weighted by atomic mass is 10.2. The van der Waals surface area contributed by atoms with Gasteiger partial charge in [0.2, 0.25) is 0 Å². The van der Waals surface area contributed by atoms with Gasteiger partial charge in [-0.15, -0.1) is 11.3 Å². The topological polar surface area (TPSA) is 17.1 Å². The molecule has 0 fully saturated rings. The third-order valence-corrected chi connectivity index (χ3v) is 3.56. The molecule has 2 heteroatoms. The number of allylic oxidation sites excluding steroid dienone is 1. The van der Waals surface area contributed by atoms with E-state index in [0.717, 1.165) is 14.6 Å². The second kappa shape index (κ2) is 12.6. The number of hydrogen-bond acceptors (Lipinski definition) is 2. The second-order valence-electron chi connectivity index (χ2n) is 3.27. The molecule has 0 bridgehead atoms. The summed E-state index contributed by atoms with van der Waals surface area (Å²) in [6, 6.07) is 0. The Morgan fingerprint density at radius 3 is 1.90 bits per heavy atom. The summed E-state index contributed by atoms with van der Waals surface area (Å²) in [7, 11) is 0.